The number of amides is 1. The fourth-order valence-electron chi connectivity index (χ4n) is 4.12. The van der Waals surface area contributed by atoms with Gasteiger partial charge in [-0.2, -0.15) is 4.91 Å². The quantitative estimate of drug-likeness (QED) is 0.353. The Morgan fingerprint density at radius 2 is 2.11 bits per heavy atom. The Morgan fingerprint density at radius 1 is 1.36 bits per heavy atom. The molecule has 2 atom stereocenters. The lowest BCUT2D eigenvalue weighted by Gasteiger charge is -2.40. The summed E-state index contributed by atoms with van der Waals surface area (Å²) in [6.45, 7) is 1.37. The number of aliphatic hydroxyl groups is 1. The molecule has 0 fully saturated rings. The Labute approximate surface area is 203 Å². The third-order valence-corrected chi connectivity index (χ3v) is 6.25. The Morgan fingerprint density at radius 3 is 2.75 bits per heavy atom. The number of hydrogen-bond acceptors (Lipinski definition) is 8. The third-order valence-electron chi connectivity index (χ3n) is 6.25. The number of fused-ring (bicyclic) bond motifs is 1. The molecule has 2 heterocycles. The van der Waals surface area contributed by atoms with Crippen molar-refractivity contribution in [3.8, 4) is 0 Å². The number of aromatic nitrogens is 1. The van der Waals surface area contributed by atoms with Crippen molar-refractivity contribution < 1.29 is 33.0 Å². The molecule has 1 aliphatic rings. The highest BCUT2D eigenvalue weighted by atomic mass is 19.1. The first kappa shape index (κ1) is 26.9. The van der Waals surface area contributed by atoms with Crippen LogP contribution in [0.15, 0.2) is 34.4 Å². The summed E-state index contributed by atoms with van der Waals surface area (Å²) in [5.41, 5.74) is -2.38. The maximum atomic E-state index is 13.9. The summed E-state index contributed by atoms with van der Waals surface area (Å²) in [5, 5.41) is 15.5. The molecule has 10 nitrogen and oxygen atoms in total. The van der Waals surface area contributed by atoms with Gasteiger partial charge in [-0.3, -0.25) is 9.59 Å². The Hall–Kier alpha value is -3.73. The third kappa shape index (κ3) is 5.25. The van der Waals surface area contributed by atoms with Gasteiger partial charge in [-0.25, -0.2) is 13.6 Å². The topological polar surface area (TPSA) is 136 Å². The fourth-order valence-corrected chi connectivity index (χ4v) is 4.12. The number of rotatable bonds is 10. The number of carbonyl (C=O) groups excluding carboxylic acids is 2. The predicted molar refractivity (Wildman–Crippen MR) is 123 cm³/mol. The van der Waals surface area contributed by atoms with E-state index in [4.69, 9.17) is 9.47 Å². The number of carbonyl (C=O) groups is 1. The molecule has 1 amide bonds. The normalized spacial score (nSPS) is 18.9. The molecule has 12 heteroatoms. The van der Waals surface area contributed by atoms with Crippen LogP contribution in [-0.2, 0) is 27.4 Å². The Kier molecular flexibility index (Phi) is 8.46. The van der Waals surface area contributed by atoms with Crippen molar-refractivity contribution in [2.75, 3.05) is 26.9 Å². The average Bonchev–Trinajstić information content (AvgIpc) is 2.85. The Balaban J connectivity index is 2.06. The second-order valence-corrected chi connectivity index (χ2v) is 8.49. The van der Waals surface area contributed by atoms with Gasteiger partial charge in [0.1, 0.15) is 40.4 Å². The molecule has 1 aliphatic heterocycles. The highest BCUT2D eigenvalue weighted by molar-refractivity contribution is 5.95. The molecule has 0 radical (unpaired) electrons. The van der Waals surface area contributed by atoms with Gasteiger partial charge in [-0.05, 0) is 19.4 Å². The number of aliphatic hydroxyl groups excluding tert-OH is 1. The van der Waals surface area contributed by atoms with Gasteiger partial charge in [0.2, 0.25) is 5.43 Å². The van der Waals surface area contributed by atoms with Crippen molar-refractivity contribution in [1.82, 2.24) is 9.88 Å². The number of nitroso groups, excluding NO2 is 1. The molecule has 3 rings (SSSR count). The van der Waals surface area contributed by atoms with Gasteiger partial charge in [-0.1, -0.05) is 11.2 Å². The zero-order valence-corrected chi connectivity index (χ0v) is 19.7. The minimum Gasteiger partial charge on any atom is -0.509 e. The van der Waals surface area contributed by atoms with Gasteiger partial charge in [0.05, 0.1) is 30.2 Å². The molecule has 2 unspecified atom stereocenters. The minimum atomic E-state index is -1.11. The molecule has 1 aromatic carbocycles. The van der Waals surface area contributed by atoms with E-state index in [0.29, 0.717) is 6.07 Å². The molecule has 2 aromatic rings. The highest BCUT2D eigenvalue weighted by Crippen LogP contribution is 2.38. The molecule has 36 heavy (non-hydrogen) atoms. The van der Waals surface area contributed by atoms with E-state index in [9.17, 15) is 33.2 Å². The van der Waals surface area contributed by atoms with E-state index in [-0.39, 0.29) is 61.5 Å². The molecule has 2 N–H and O–H groups in total. The van der Waals surface area contributed by atoms with E-state index < -0.39 is 39.7 Å². The van der Waals surface area contributed by atoms with Gasteiger partial charge < -0.3 is 24.5 Å². The zero-order valence-electron chi connectivity index (χ0n) is 19.7. The van der Waals surface area contributed by atoms with Crippen molar-refractivity contribution in [2.45, 2.75) is 32.5 Å². The van der Waals surface area contributed by atoms with Crippen LogP contribution in [0.5, 0.6) is 0 Å². The van der Waals surface area contributed by atoms with Gasteiger partial charge in [0.15, 0.2) is 0 Å². The molecular weight excluding hydrogens is 480 g/mol. The standard InChI is InChI=1S/C24H25F2N3O7/c1-24(5-7-35-2)19(36-8-6-28-34)12-29-11-16(17(13-30)21(31)20(29)22(24)32)23(33)27-10-14-3-4-15(25)9-18(14)26/h3-4,9,11,19,32H,5-8,10,12H2,1-2H3,(H,27,33). The predicted octanol–water partition coefficient (Wildman–Crippen LogP) is 0.434. The van der Waals surface area contributed by atoms with Crippen molar-refractivity contribution in [3.63, 3.8) is 0 Å². The van der Waals surface area contributed by atoms with Crippen LogP contribution in [0, 0.1) is 22.0 Å². The number of methoxy groups -OCH3 is 1. The summed E-state index contributed by atoms with van der Waals surface area (Å²) in [5.74, 6) is -1.43. The van der Waals surface area contributed by atoms with Crippen molar-refractivity contribution >= 4 is 17.6 Å². The van der Waals surface area contributed by atoms with Crippen LogP contribution in [-0.4, -0.2) is 54.5 Å². The van der Waals surface area contributed by atoms with Crippen LogP contribution < -0.4 is 21.3 Å². The van der Waals surface area contributed by atoms with Crippen LogP contribution >= 0.6 is 0 Å². The first-order chi connectivity index (χ1) is 17.2. The van der Waals surface area contributed by atoms with Gasteiger partial charge >= 0.3 is 0 Å². The molecule has 0 bridgehead atoms. The maximum absolute atomic E-state index is 13.9. The molecule has 192 valence electrons. The minimum absolute atomic E-state index is 0.000286. The van der Waals surface area contributed by atoms with E-state index in [2.05, 4.69) is 10.5 Å². The smallest absolute Gasteiger partial charge is 0.254 e. The lowest BCUT2D eigenvalue weighted by atomic mass is 9.76. The Bertz CT molecular complexity index is 1370. The largest absolute Gasteiger partial charge is 0.509 e. The number of nitrogens with zero attached hydrogens (tertiary/aromatic N) is 2. The van der Waals surface area contributed by atoms with Crippen LogP contribution in [0.1, 0.15) is 29.3 Å². The van der Waals surface area contributed by atoms with Crippen LogP contribution in [0.25, 0.3) is 5.76 Å². The first-order valence-electron chi connectivity index (χ1n) is 11.0. The lowest BCUT2D eigenvalue weighted by Crippen LogP contribution is -2.58. The number of nitrogens with one attached hydrogen (secondary N) is 1. The number of halogens is 2. The number of pyridine rings is 1. The van der Waals surface area contributed by atoms with Crippen molar-refractivity contribution in [2.24, 2.45) is 10.6 Å². The lowest BCUT2D eigenvalue weighted by molar-refractivity contribution is -0.0420. The van der Waals surface area contributed by atoms with Crippen molar-refractivity contribution in [3.05, 3.63) is 72.9 Å². The monoisotopic (exact) mass is 505 g/mol. The number of hydrogen-bond donors (Lipinski definition) is 2. The van der Waals surface area contributed by atoms with E-state index in [1.54, 1.807) is 6.92 Å². The SMILES string of the molecule is COCCC1(C)C(O)=c2c(=O)c(=C=O)c(C(=O)NCc3ccc(F)cc3F)cn2CC1OCCN=O. The van der Waals surface area contributed by atoms with E-state index in [1.165, 1.54) is 23.8 Å². The molecule has 1 aromatic heterocycles. The van der Waals surface area contributed by atoms with Gasteiger partial charge in [-0.15, -0.1) is 0 Å². The zero-order chi connectivity index (χ0) is 26.5. The molecular formula is C24H25F2N3O7. The first-order valence-corrected chi connectivity index (χ1v) is 11.0. The van der Waals surface area contributed by atoms with E-state index >= 15 is 0 Å². The molecule has 0 saturated carbocycles. The van der Waals surface area contributed by atoms with E-state index in [0.717, 1.165) is 12.1 Å². The van der Waals surface area contributed by atoms with Crippen molar-refractivity contribution in [1.29, 1.82) is 0 Å². The maximum Gasteiger partial charge on any atom is 0.254 e. The van der Waals surface area contributed by atoms with Crippen LogP contribution in [0.4, 0.5) is 8.78 Å². The summed E-state index contributed by atoms with van der Waals surface area (Å²) in [4.78, 5) is 48.3. The summed E-state index contributed by atoms with van der Waals surface area (Å²) in [6, 6.07) is 2.84. The molecule has 0 aliphatic carbocycles. The summed E-state index contributed by atoms with van der Waals surface area (Å²) in [7, 11) is 1.47. The average molecular weight is 505 g/mol. The number of benzene rings is 1. The second-order valence-electron chi connectivity index (χ2n) is 8.49. The molecule has 0 spiro atoms. The van der Waals surface area contributed by atoms with Gasteiger partial charge in [0.25, 0.3) is 5.91 Å². The van der Waals surface area contributed by atoms with Gasteiger partial charge in [0, 0.05) is 38.1 Å². The number of ether oxygens (including phenoxy) is 2. The second kappa shape index (κ2) is 11.3. The van der Waals surface area contributed by atoms with Crippen LogP contribution in [0.3, 0.4) is 0 Å². The summed E-state index contributed by atoms with van der Waals surface area (Å²) in [6.07, 6.45) is 0.717. The summed E-state index contributed by atoms with van der Waals surface area (Å²) >= 11 is 0. The van der Waals surface area contributed by atoms with Crippen LogP contribution in [0.2, 0.25) is 0 Å². The molecule has 0 saturated heterocycles. The summed E-state index contributed by atoms with van der Waals surface area (Å²) < 4.78 is 39.3. The fraction of sp³-hybridized carbons (Fsp3) is 0.417. The van der Waals surface area contributed by atoms with E-state index in [1.807, 2.05) is 0 Å². The highest BCUT2D eigenvalue weighted by Gasteiger charge is 2.43.